The predicted octanol–water partition coefficient (Wildman–Crippen LogP) is 5.83. The van der Waals surface area contributed by atoms with Crippen molar-refractivity contribution in [1.29, 1.82) is 0 Å². The second-order valence-electron chi connectivity index (χ2n) is 13.4. The fourth-order valence-corrected chi connectivity index (χ4v) is 10.5. The van der Waals surface area contributed by atoms with E-state index in [9.17, 15) is 10.2 Å². The van der Waals surface area contributed by atoms with Crippen molar-refractivity contribution in [3.8, 4) is 11.5 Å². The van der Waals surface area contributed by atoms with Crippen molar-refractivity contribution in [3.05, 3.63) is 45.6 Å². The van der Waals surface area contributed by atoms with Crippen LogP contribution in [0.15, 0.2) is 29.6 Å². The van der Waals surface area contributed by atoms with E-state index in [-0.39, 0.29) is 28.6 Å². The minimum atomic E-state index is -0.896. The van der Waals surface area contributed by atoms with Crippen molar-refractivity contribution in [2.45, 2.75) is 101 Å². The molecular weight excluding hydrogens is 494 g/mol. The Hall–Kier alpha value is -1.60. The van der Waals surface area contributed by atoms with Gasteiger partial charge >= 0.3 is 0 Å². The highest BCUT2D eigenvalue weighted by Gasteiger charge is 2.80. The number of fused-ring (bicyclic) bond motifs is 3. The standard InChI is InChI=1S/C32H43NO4S/c1-20-7-10-24(34)27-26(20)31-15-16-33(19-22-8-9-22)21(2)30(31)13-14-32(36-4,28(31)37-27)25(18-30)29(3,35)12-11-23-6-5-17-38-23/h5-7,10,17,21-22,25,28,34-35H,8-9,11-16,18-19H2,1-4H3/t21-,25?,28-,29-,30-,31+,32-/m1/s1. The highest BCUT2D eigenvalue weighted by atomic mass is 32.1. The van der Waals surface area contributed by atoms with Gasteiger partial charge < -0.3 is 19.7 Å². The SMILES string of the molecule is CO[C@]12CC[C@@]3(CC1[C@](C)(O)CCc1cccs1)[C@@H](C)N(CC1CC1)CC[C@@]31c3c(C)ccc(O)c3O[C@H]12. The summed E-state index contributed by atoms with van der Waals surface area (Å²) in [5.41, 5.74) is 0.663. The van der Waals surface area contributed by atoms with Crippen LogP contribution in [0, 0.1) is 24.2 Å². The summed E-state index contributed by atoms with van der Waals surface area (Å²) in [6.07, 6.45) is 7.96. The Bertz CT molecular complexity index is 1220. The van der Waals surface area contributed by atoms with E-state index in [1.165, 1.54) is 35.4 Å². The van der Waals surface area contributed by atoms with Crippen LogP contribution in [-0.2, 0) is 16.6 Å². The number of piperidine rings is 1. The molecule has 0 amide bonds. The summed E-state index contributed by atoms with van der Waals surface area (Å²) >= 11 is 1.77. The van der Waals surface area contributed by atoms with Gasteiger partial charge in [-0.3, -0.25) is 4.90 Å². The van der Waals surface area contributed by atoms with Crippen molar-refractivity contribution in [2.75, 3.05) is 20.2 Å². The van der Waals surface area contributed by atoms with Crippen LogP contribution >= 0.6 is 11.3 Å². The summed E-state index contributed by atoms with van der Waals surface area (Å²) in [4.78, 5) is 4.08. The molecule has 4 aliphatic carbocycles. The summed E-state index contributed by atoms with van der Waals surface area (Å²) < 4.78 is 13.6. The molecule has 2 bridgehead atoms. The van der Waals surface area contributed by atoms with Crippen LogP contribution in [0.2, 0.25) is 0 Å². The van der Waals surface area contributed by atoms with Crippen LogP contribution in [0.5, 0.6) is 11.5 Å². The Kier molecular flexibility index (Phi) is 5.64. The molecule has 6 aliphatic rings. The van der Waals surface area contributed by atoms with Crippen molar-refractivity contribution in [2.24, 2.45) is 17.3 Å². The Morgan fingerprint density at radius 2 is 2.03 bits per heavy atom. The van der Waals surface area contributed by atoms with Gasteiger partial charge in [-0.15, -0.1) is 11.3 Å². The molecule has 1 aromatic heterocycles. The lowest BCUT2D eigenvalue weighted by molar-refractivity contribution is -0.299. The van der Waals surface area contributed by atoms with E-state index in [0.717, 1.165) is 44.6 Å². The number of benzene rings is 1. The first-order chi connectivity index (χ1) is 18.2. The third-order valence-corrected chi connectivity index (χ3v) is 12.8. The number of methoxy groups -OCH3 is 1. The van der Waals surface area contributed by atoms with Crippen molar-refractivity contribution in [1.82, 2.24) is 4.90 Å². The number of nitrogens with zero attached hydrogens (tertiary/aromatic N) is 1. The molecule has 4 saturated carbocycles. The van der Waals surface area contributed by atoms with Gasteiger partial charge in [0.2, 0.25) is 0 Å². The van der Waals surface area contributed by atoms with Crippen LogP contribution in [0.25, 0.3) is 0 Å². The molecule has 1 unspecified atom stereocenters. The van der Waals surface area contributed by atoms with E-state index < -0.39 is 11.2 Å². The molecule has 206 valence electrons. The summed E-state index contributed by atoms with van der Waals surface area (Å²) in [6.45, 7) is 8.92. The predicted molar refractivity (Wildman–Crippen MR) is 150 cm³/mol. The number of aryl methyl sites for hydroxylation is 2. The van der Waals surface area contributed by atoms with E-state index in [1.54, 1.807) is 17.4 Å². The molecule has 2 aliphatic heterocycles. The Morgan fingerprint density at radius 3 is 2.74 bits per heavy atom. The Morgan fingerprint density at radius 1 is 1.21 bits per heavy atom. The maximum absolute atomic E-state index is 12.3. The second-order valence-corrected chi connectivity index (χ2v) is 14.5. The van der Waals surface area contributed by atoms with E-state index in [4.69, 9.17) is 9.47 Å². The number of aliphatic hydroxyl groups is 1. The molecule has 5 nitrogen and oxygen atoms in total. The number of hydrogen-bond acceptors (Lipinski definition) is 6. The maximum Gasteiger partial charge on any atom is 0.165 e. The van der Waals surface area contributed by atoms with E-state index >= 15 is 0 Å². The van der Waals surface area contributed by atoms with Crippen LogP contribution < -0.4 is 4.74 Å². The third-order valence-electron chi connectivity index (χ3n) is 11.8. The van der Waals surface area contributed by atoms with Gasteiger partial charge in [0, 0.05) is 41.5 Å². The van der Waals surface area contributed by atoms with Gasteiger partial charge in [0.1, 0.15) is 11.7 Å². The quantitative estimate of drug-likeness (QED) is 0.465. The minimum absolute atomic E-state index is 0.0491. The first kappa shape index (κ1) is 25.4. The monoisotopic (exact) mass is 537 g/mol. The first-order valence-electron chi connectivity index (χ1n) is 14.7. The number of rotatable bonds is 7. The van der Waals surface area contributed by atoms with Gasteiger partial charge in [0.15, 0.2) is 11.5 Å². The van der Waals surface area contributed by atoms with Gasteiger partial charge in [-0.25, -0.2) is 0 Å². The van der Waals surface area contributed by atoms with Gasteiger partial charge in [0.25, 0.3) is 0 Å². The average Bonchev–Trinajstić information content (AvgIpc) is 3.41. The average molecular weight is 538 g/mol. The zero-order valence-electron chi connectivity index (χ0n) is 23.3. The third kappa shape index (κ3) is 3.21. The summed E-state index contributed by atoms with van der Waals surface area (Å²) in [5, 5.41) is 25.5. The number of phenols is 1. The fraction of sp³-hybridized carbons (Fsp3) is 0.688. The normalized spacial score (nSPS) is 39.2. The van der Waals surface area contributed by atoms with Gasteiger partial charge in [-0.05, 0) is 113 Å². The Labute approximate surface area is 231 Å². The van der Waals surface area contributed by atoms with Crippen LogP contribution in [0.4, 0.5) is 0 Å². The molecule has 38 heavy (non-hydrogen) atoms. The Balaban J connectivity index is 1.37. The molecule has 0 radical (unpaired) electrons. The van der Waals surface area contributed by atoms with Crippen molar-refractivity contribution < 1.29 is 19.7 Å². The molecule has 1 aromatic carbocycles. The van der Waals surface area contributed by atoms with Crippen molar-refractivity contribution >= 4 is 11.3 Å². The largest absolute Gasteiger partial charge is 0.504 e. The zero-order valence-corrected chi connectivity index (χ0v) is 24.2. The minimum Gasteiger partial charge on any atom is -0.504 e. The molecule has 6 heteroatoms. The number of aromatic hydroxyl groups is 1. The van der Waals surface area contributed by atoms with Gasteiger partial charge in [-0.1, -0.05) is 12.1 Å². The lowest BCUT2D eigenvalue weighted by Gasteiger charge is -2.73. The maximum atomic E-state index is 12.3. The summed E-state index contributed by atoms with van der Waals surface area (Å²) in [7, 11) is 1.83. The second kappa shape index (κ2) is 8.45. The van der Waals surface area contributed by atoms with E-state index in [1.807, 2.05) is 14.0 Å². The highest BCUT2D eigenvalue weighted by Crippen LogP contribution is 2.75. The number of phenolic OH excluding ortho intramolecular Hbond substituents is 1. The smallest absolute Gasteiger partial charge is 0.165 e. The van der Waals surface area contributed by atoms with Gasteiger partial charge in [-0.2, -0.15) is 0 Å². The molecule has 5 fully saturated rings. The number of thiophene rings is 1. The molecule has 7 atom stereocenters. The lowest BCUT2D eigenvalue weighted by atomic mass is 9.35. The summed E-state index contributed by atoms with van der Waals surface area (Å²) in [6, 6.07) is 8.50. The van der Waals surface area contributed by atoms with Crippen LogP contribution in [-0.4, -0.2) is 58.7 Å². The number of likely N-dealkylation sites (tertiary alicyclic amines) is 1. The summed E-state index contributed by atoms with van der Waals surface area (Å²) in [5.74, 6) is 1.70. The number of hydrogen-bond donors (Lipinski definition) is 2. The molecule has 2 N–H and O–H groups in total. The van der Waals surface area contributed by atoms with Crippen LogP contribution in [0.1, 0.15) is 74.8 Å². The molecule has 8 rings (SSSR count). The number of ether oxygens (including phenoxy) is 2. The topological polar surface area (TPSA) is 62.2 Å². The molecule has 2 aromatic rings. The first-order valence-corrected chi connectivity index (χ1v) is 15.6. The fourth-order valence-electron chi connectivity index (χ4n) is 9.78. The molecule has 2 spiro atoms. The van der Waals surface area contributed by atoms with Gasteiger partial charge in [0.05, 0.1) is 5.60 Å². The van der Waals surface area contributed by atoms with Crippen LogP contribution in [0.3, 0.4) is 0 Å². The molecule has 1 saturated heterocycles. The van der Waals surface area contributed by atoms with E-state index in [2.05, 4.69) is 42.3 Å². The van der Waals surface area contributed by atoms with Crippen molar-refractivity contribution in [3.63, 3.8) is 0 Å². The zero-order chi connectivity index (χ0) is 26.5. The lowest BCUT2D eigenvalue weighted by Crippen LogP contribution is -2.81. The molecule has 3 heterocycles. The highest BCUT2D eigenvalue weighted by molar-refractivity contribution is 7.09. The van der Waals surface area contributed by atoms with E-state index in [0.29, 0.717) is 18.2 Å². The molecular formula is C32H43NO4S.